The van der Waals surface area contributed by atoms with Crippen molar-refractivity contribution in [2.45, 2.75) is 18.9 Å². The van der Waals surface area contributed by atoms with Crippen molar-refractivity contribution >= 4 is 11.6 Å². The van der Waals surface area contributed by atoms with Crippen LogP contribution in [-0.4, -0.2) is 30.4 Å². The number of carbonyl (C=O) groups is 1. The Morgan fingerprint density at radius 1 is 1.18 bits per heavy atom. The number of carbonyl (C=O) groups excluding carboxylic acids is 1. The van der Waals surface area contributed by atoms with Crippen molar-refractivity contribution in [1.82, 2.24) is 4.90 Å². The molecular weight excluding hydrogens is 279 g/mol. The summed E-state index contributed by atoms with van der Waals surface area (Å²) in [6.45, 7) is 0.969. The van der Waals surface area contributed by atoms with Gasteiger partial charge in [-0.25, -0.2) is 4.39 Å². The zero-order valence-electron chi connectivity index (χ0n) is 12.6. The van der Waals surface area contributed by atoms with Gasteiger partial charge < -0.3 is 5.32 Å². The molecule has 0 spiro atoms. The Bertz CT molecular complexity index is 669. The highest BCUT2D eigenvalue weighted by Gasteiger charge is 2.27. The summed E-state index contributed by atoms with van der Waals surface area (Å²) in [5.41, 5.74) is 2.52. The number of nitrogens with zero attached hydrogens (tertiary/aromatic N) is 1. The first kappa shape index (κ1) is 14.7. The quantitative estimate of drug-likeness (QED) is 0.940. The predicted octanol–water partition coefficient (Wildman–Crippen LogP) is 3.53. The van der Waals surface area contributed by atoms with Crippen LogP contribution >= 0.6 is 0 Å². The molecule has 114 valence electrons. The Hall–Kier alpha value is -2.20. The number of nitrogens with one attached hydrogen (secondary N) is 1. The van der Waals surface area contributed by atoms with Gasteiger partial charge in [0.2, 0.25) is 5.91 Å². The summed E-state index contributed by atoms with van der Waals surface area (Å²) in [6.07, 6.45) is 1.97. The number of rotatable bonds is 3. The molecule has 1 atom stereocenters. The number of benzene rings is 2. The highest BCUT2D eigenvalue weighted by atomic mass is 19.1. The van der Waals surface area contributed by atoms with Crippen LogP contribution in [-0.2, 0) is 4.79 Å². The monoisotopic (exact) mass is 298 g/mol. The minimum absolute atomic E-state index is 0.0390. The first-order chi connectivity index (χ1) is 10.6. The first-order valence-electron chi connectivity index (χ1n) is 7.50. The minimum atomic E-state index is -0.251. The lowest BCUT2D eigenvalue weighted by molar-refractivity contribution is -0.119. The summed E-state index contributed by atoms with van der Waals surface area (Å²) in [5, 5.41) is 2.95. The molecule has 1 N–H and O–H groups in total. The SMILES string of the molecule is CN1CCC[C@H]1C(=O)Nc1ccc(-c2cccc(F)c2)cc1. The van der Waals surface area contributed by atoms with Crippen molar-refractivity contribution in [3.8, 4) is 11.1 Å². The number of amides is 1. The molecule has 1 aliphatic rings. The number of hydrogen-bond acceptors (Lipinski definition) is 2. The molecule has 0 unspecified atom stereocenters. The van der Waals surface area contributed by atoms with Crippen LogP contribution in [0, 0.1) is 5.82 Å². The fraction of sp³-hybridized carbons (Fsp3) is 0.278. The van der Waals surface area contributed by atoms with E-state index in [1.807, 2.05) is 37.4 Å². The molecule has 0 radical (unpaired) electrons. The summed E-state index contributed by atoms with van der Waals surface area (Å²) < 4.78 is 13.3. The molecule has 1 amide bonds. The molecule has 0 bridgehead atoms. The minimum Gasteiger partial charge on any atom is -0.325 e. The molecule has 0 aromatic heterocycles. The third kappa shape index (κ3) is 3.17. The van der Waals surface area contributed by atoms with Crippen molar-refractivity contribution in [1.29, 1.82) is 0 Å². The largest absolute Gasteiger partial charge is 0.325 e. The Morgan fingerprint density at radius 2 is 1.95 bits per heavy atom. The Labute approximate surface area is 129 Å². The van der Waals surface area contributed by atoms with Crippen LogP contribution in [0.15, 0.2) is 48.5 Å². The fourth-order valence-electron chi connectivity index (χ4n) is 2.88. The number of likely N-dealkylation sites (tertiary alicyclic amines) is 1. The van der Waals surface area contributed by atoms with E-state index in [2.05, 4.69) is 10.2 Å². The normalized spacial score (nSPS) is 18.4. The van der Waals surface area contributed by atoms with Crippen molar-refractivity contribution in [2.75, 3.05) is 18.9 Å². The van der Waals surface area contributed by atoms with Gasteiger partial charge in [-0.3, -0.25) is 9.69 Å². The number of hydrogen-bond donors (Lipinski definition) is 1. The zero-order chi connectivity index (χ0) is 15.5. The van der Waals surface area contributed by atoms with Crippen LogP contribution in [0.5, 0.6) is 0 Å². The van der Waals surface area contributed by atoms with Gasteiger partial charge in [0, 0.05) is 5.69 Å². The van der Waals surface area contributed by atoms with Crippen molar-refractivity contribution in [3.63, 3.8) is 0 Å². The summed E-state index contributed by atoms with van der Waals surface area (Å²) in [6, 6.07) is 13.9. The first-order valence-corrected chi connectivity index (χ1v) is 7.50. The van der Waals surface area contributed by atoms with Crippen LogP contribution in [0.1, 0.15) is 12.8 Å². The zero-order valence-corrected chi connectivity index (χ0v) is 12.6. The highest BCUT2D eigenvalue weighted by Crippen LogP contribution is 2.23. The molecule has 1 saturated heterocycles. The maximum absolute atomic E-state index is 13.3. The summed E-state index contributed by atoms with van der Waals surface area (Å²) >= 11 is 0. The topological polar surface area (TPSA) is 32.3 Å². The second kappa shape index (κ2) is 6.28. The van der Waals surface area contributed by atoms with E-state index in [0.29, 0.717) is 0 Å². The van der Waals surface area contributed by atoms with Crippen LogP contribution in [0.2, 0.25) is 0 Å². The van der Waals surface area contributed by atoms with Crippen LogP contribution in [0.25, 0.3) is 11.1 Å². The molecule has 1 heterocycles. The van der Waals surface area contributed by atoms with E-state index in [4.69, 9.17) is 0 Å². The molecule has 22 heavy (non-hydrogen) atoms. The number of halogens is 1. The van der Waals surface area contributed by atoms with E-state index in [0.717, 1.165) is 36.2 Å². The Morgan fingerprint density at radius 3 is 2.59 bits per heavy atom. The third-order valence-electron chi connectivity index (χ3n) is 4.13. The molecule has 2 aromatic carbocycles. The van der Waals surface area contributed by atoms with Crippen molar-refractivity contribution in [2.24, 2.45) is 0 Å². The number of likely N-dealkylation sites (N-methyl/N-ethyl adjacent to an activating group) is 1. The van der Waals surface area contributed by atoms with Gasteiger partial charge in [0.25, 0.3) is 0 Å². The van der Waals surface area contributed by atoms with Crippen LogP contribution in [0.3, 0.4) is 0 Å². The van der Waals surface area contributed by atoms with Crippen molar-refractivity contribution in [3.05, 3.63) is 54.3 Å². The van der Waals surface area contributed by atoms with Crippen LogP contribution < -0.4 is 5.32 Å². The Balaban J connectivity index is 1.70. The smallest absolute Gasteiger partial charge is 0.241 e. The summed E-state index contributed by atoms with van der Waals surface area (Å²) in [4.78, 5) is 14.3. The maximum atomic E-state index is 13.3. The molecule has 4 heteroatoms. The average Bonchev–Trinajstić information content (AvgIpc) is 2.94. The second-order valence-electron chi connectivity index (χ2n) is 5.72. The summed E-state index contributed by atoms with van der Waals surface area (Å²) in [7, 11) is 1.98. The van der Waals surface area contributed by atoms with E-state index >= 15 is 0 Å². The van der Waals surface area contributed by atoms with Crippen molar-refractivity contribution < 1.29 is 9.18 Å². The summed E-state index contributed by atoms with van der Waals surface area (Å²) in [5.74, 6) is -0.211. The van der Waals surface area contributed by atoms with Gasteiger partial charge in [-0.2, -0.15) is 0 Å². The lowest BCUT2D eigenvalue weighted by Gasteiger charge is -2.18. The van der Waals surface area contributed by atoms with Gasteiger partial charge >= 0.3 is 0 Å². The van der Waals surface area contributed by atoms with Gasteiger partial charge in [0.15, 0.2) is 0 Å². The van der Waals surface area contributed by atoms with Gasteiger partial charge in [-0.15, -0.1) is 0 Å². The van der Waals surface area contributed by atoms with Gasteiger partial charge in [-0.05, 0) is 61.8 Å². The van der Waals surface area contributed by atoms with Gasteiger partial charge in [-0.1, -0.05) is 24.3 Å². The molecule has 3 nitrogen and oxygen atoms in total. The van der Waals surface area contributed by atoms with E-state index in [-0.39, 0.29) is 17.8 Å². The predicted molar refractivity (Wildman–Crippen MR) is 86.1 cm³/mol. The molecule has 2 aromatic rings. The molecule has 1 aliphatic heterocycles. The molecular formula is C18H19FN2O. The van der Waals surface area contributed by atoms with E-state index < -0.39 is 0 Å². The lowest BCUT2D eigenvalue weighted by Crippen LogP contribution is -2.37. The second-order valence-corrected chi connectivity index (χ2v) is 5.72. The molecule has 3 rings (SSSR count). The molecule has 1 fully saturated rings. The average molecular weight is 298 g/mol. The fourth-order valence-corrected chi connectivity index (χ4v) is 2.88. The molecule has 0 saturated carbocycles. The van der Waals surface area contributed by atoms with E-state index in [1.54, 1.807) is 6.07 Å². The maximum Gasteiger partial charge on any atom is 0.241 e. The van der Waals surface area contributed by atoms with Gasteiger partial charge in [0.05, 0.1) is 6.04 Å². The lowest BCUT2D eigenvalue weighted by atomic mass is 10.1. The highest BCUT2D eigenvalue weighted by molar-refractivity contribution is 5.95. The Kier molecular flexibility index (Phi) is 4.20. The number of anilines is 1. The third-order valence-corrected chi connectivity index (χ3v) is 4.13. The van der Waals surface area contributed by atoms with Crippen LogP contribution in [0.4, 0.5) is 10.1 Å². The standard InChI is InChI=1S/C18H19FN2O/c1-21-11-3-6-17(21)18(22)20-16-9-7-13(8-10-16)14-4-2-5-15(19)12-14/h2,4-5,7-10,12,17H,3,6,11H2,1H3,(H,20,22)/t17-/m0/s1. The van der Waals surface area contributed by atoms with Gasteiger partial charge in [0.1, 0.15) is 5.82 Å². The van der Waals surface area contributed by atoms with E-state index in [1.165, 1.54) is 12.1 Å². The van der Waals surface area contributed by atoms with E-state index in [9.17, 15) is 9.18 Å². The molecule has 0 aliphatic carbocycles.